The van der Waals surface area contributed by atoms with E-state index in [9.17, 15) is 4.79 Å². The fourth-order valence-electron chi connectivity index (χ4n) is 3.30. The van der Waals surface area contributed by atoms with Crippen molar-refractivity contribution in [2.75, 3.05) is 17.7 Å². The third-order valence-electron chi connectivity index (χ3n) is 4.78. The Kier molecular flexibility index (Phi) is 9.29. The van der Waals surface area contributed by atoms with Gasteiger partial charge in [0.2, 0.25) is 5.91 Å². The Balaban J connectivity index is 1.97. The average molecular weight is 509 g/mol. The minimum absolute atomic E-state index is 0.0132. The molecule has 0 saturated heterocycles. The minimum Gasteiger partial charge on any atom is -0.343 e. The van der Waals surface area contributed by atoms with Gasteiger partial charge in [-0.3, -0.25) is 4.79 Å². The van der Waals surface area contributed by atoms with Gasteiger partial charge in [0.15, 0.2) is 5.13 Å². The van der Waals surface area contributed by atoms with Gasteiger partial charge in [0, 0.05) is 36.2 Å². The second-order valence-electron chi connectivity index (χ2n) is 7.88. The van der Waals surface area contributed by atoms with Crippen molar-refractivity contribution < 1.29 is 4.79 Å². The van der Waals surface area contributed by atoms with E-state index in [2.05, 4.69) is 35.6 Å². The van der Waals surface area contributed by atoms with Crippen LogP contribution in [0.3, 0.4) is 0 Å². The van der Waals surface area contributed by atoms with Crippen LogP contribution < -0.4 is 9.62 Å². The van der Waals surface area contributed by atoms with Gasteiger partial charge in [0.25, 0.3) is 0 Å². The zero-order valence-electron chi connectivity index (χ0n) is 18.4. The van der Waals surface area contributed by atoms with Crippen molar-refractivity contribution in [3.05, 3.63) is 69.0 Å². The summed E-state index contributed by atoms with van der Waals surface area (Å²) in [4.78, 5) is 20.6. The summed E-state index contributed by atoms with van der Waals surface area (Å²) in [7, 11) is 0. The molecular formula is C24H27Cl2N3OS2. The lowest BCUT2D eigenvalue weighted by Crippen LogP contribution is -2.28. The summed E-state index contributed by atoms with van der Waals surface area (Å²) in [5, 5.41) is 1.95. The molecule has 3 aromatic rings. The quantitative estimate of drug-likeness (QED) is 0.297. The van der Waals surface area contributed by atoms with Crippen molar-refractivity contribution in [3.8, 4) is 11.3 Å². The molecule has 0 aliphatic rings. The zero-order valence-corrected chi connectivity index (χ0v) is 21.5. The second-order valence-corrected chi connectivity index (χ2v) is 10.4. The summed E-state index contributed by atoms with van der Waals surface area (Å²) in [6, 6.07) is 15.9. The molecule has 0 saturated carbocycles. The summed E-state index contributed by atoms with van der Waals surface area (Å²) >= 11 is 15.4. The molecule has 0 aliphatic carbocycles. The van der Waals surface area contributed by atoms with Gasteiger partial charge in [-0.15, -0.1) is 11.3 Å². The van der Waals surface area contributed by atoms with E-state index in [4.69, 9.17) is 28.2 Å². The molecular weight excluding hydrogens is 481 g/mol. The SMILES string of the molecule is CSNC(=O)CCN(Cc1ccccc1)c1nc(-c2ccc(Cl)c(Cl)c2)c(CC(C)C)s1. The van der Waals surface area contributed by atoms with Gasteiger partial charge in [-0.05, 0) is 30.0 Å². The van der Waals surface area contributed by atoms with E-state index >= 15 is 0 Å². The van der Waals surface area contributed by atoms with Crippen LogP contribution in [0.2, 0.25) is 10.0 Å². The highest BCUT2D eigenvalue weighted by molar-refractivity contribution is 7.97. The van der Waals surface area contributed by atoms with Crippen LogP contribution in [0.1, 0.15) is 30.7 Å². The lowest BCUT2D eigenvalue weighted by Gasteiger charge is -2.21. The van der Waals surface area contributed by atoms with Gasteiger partial charge in [-0.25, -0.2) is 4.98 Å². The maximum atomic E-state index is 12.1. The summed E-state index contributed by atoms with van der Waals surface area (Å²) in [6.45, 7) is 5.67. The Morgan fingerprint density at radius 2 is 1.91 bits per heavy atom. The summed E-state index contributed by atoms with van der Waals surface area (Å²) in [5.41, 5.74) is 3.07. The number of rotatable bonds is 10. The maximum Gasteiger partial charge on any atom is 0.231 e. The number of carbonyl (C=O) groups excluding carboxylic acids is 1. The van der Waals surface area contributed by atoms with Gasteiger partial charge in [-0.2, -0.15) is 0 Å². The summed E-state index contributed by atoms with van der Waals surface area (Å²) in [5.74, 6) is 0.499. The molecule has 8 heteroatoms. The van der Waals surface area contributed by atoms with Crippen LogP contribution in [-0.4, -0.2) is 23.7 Å². The van der Waals surface area contributed by atoms with Gasteiger partial charge in [0.05, 0.1) is 15.7 Å². The first-order valence-electron chi connectivity index (χ1n) is 10.4. The Morgan fingerprint density at radius 3 is 2.56 bits per heavy atom. The number of aromatic nitrogens is 1. The van der Waals surface area contributed by atoms with E-state index in [-0.39, 0.29) is 5.91 Å². The molecule has 0 unspecified atom stereocenters. The van der Waals surface area contributed by atoms with E-state index in [0.717, 1.165) is 22.8 Å². The van der Waals surface area contributed by atoms with Crippen LogP contribution in [0.15, 0.2) is 48.5 Å². The van der Waals surface area contributed by atoms with Crippen LogP contribution in [0.25, 0.3) is 11.3 Å². The van der Waals surface area contributed by atoms with Crippen LogP contribution in [0.4, 0.5) is 5.13 Å². The average Bonchev–Trinajstić information content (AvgIpc) is 3.17. The van der Waals surface area contributed by atoms with Crippen LogP contribution >= 0.6 is 46.5 Å². The molecule has 4 nitrogen and oxygen atoms in total. The number of benzene rings is 2. The molecule has 1 heterocycles. The monoisotopic (exact) mass is 507 g/mol. The van der Waals surface area contributed by atoms with Crippen molar-refractivity contribution in [1.29, 1.82) is 0 Å². The van der Waals surface area contributed by atoms with Crippen LogP contribution in [-0.2, 0) is 17.8 Å². The molecule has 1 N–H and O–H groups in total. The van der Waals surface area contributed by atoms with Gasteiger partial charge in [0.1, 0.15) is 0 Å². The molecule has 0 spiro atoms. The molecule has 1 aromatic heterocycles. The van der Waals surface area contributed by atoms with Gasteiger partial charge < -0.3 is 9.62 Å². The lowest BCUT2D eigenvalue weighted by molar-refractivity contribution is -0.119. The van der Waals surface area contributed by atoms with E-state index in [1.54, 1.807) is 11.3 Å². The molecule has 0 atom stereocenters. The van der Waals surface area contributed by atoms with E-state index in [1.807, 2.05) is 42.7 Å². The first-order valence-corrected chi connectivity index (χ1v) is 13.2. The molecule has 170 valence electrons. The van der Waals surface area contributed by atoms with E-state index < -0.39 is 0 Å². The molecule has 0 bridgehead atoms. The number of halogens is 2. The lowest BCUT2D eigenvalue weighted by atomic mass is 10.0. The normalized spacial score (nSPS) is 11.1. The van der Waals surface area contributed by atoms with E-state index in [0.29, 0.717) is 35.5 Å². The Labute approximate surface area is 208 Å². The second kappa shape index (κ2) is 11.9. The van der Waals surface area contributed by atoms with Crippen LogP contribution in [0, 0.1) is 5.92 Å². The van der Waals surface area contributed by atoms with Gasteiger partial charge >= 0.3 is 0 Å². The molecule has 32 heavy (non-hydrogen) atoms. The first kappa shape index (κ1) is 24.9. The first-order chi connectivity index (χ1) is 15.4. The largest absolute Gasteiger partial charge is 0.343 e. The van der Waals surface area contributed by atoms with Gasteiger partial charge in [-0.1, -0.05) is 85.4 Å². The zero-order chi connectivity index (χ0) is 23.1. The number of nitrogens with one attached hydrogen (secondary N) is 1. The number of anilines is 1. The summed E-state index contributed by atoms with van der Waals surface area (Å²) < 4.78 is 2.80. The van der Waals surface area contributed by atoms with Crippen molar-refractivity contribution in [2.45, 2.75) is 33.2 Å². The van der Waals surface area contributed by atoms with Crippen molar-refractivity contribution in [1.82, 2.24) is 9.71 Å². The Morgan fingerprint density at radius 1 is 1.16 bits per heavy atom. The molecule has 0 radical (unpaired) electrons. The number of hydrogen-bond acceptors (Lipinski definition) is 5. The predicted octanol–water partition coefficient (Wildman–Crippen LogP) is 7.11. The molecule has 1 amide bonds. The highest BCUT2D eigenvalue weighted by Gasteiger charge is 2.20. The fourth-order valence-corrected chi connectivity index (χ4v) is 5.25. The molecule has 2 aromatic carbocycles. The predicted molar refractivity (Wildman–Crippen MR) is 140 cm³/mol. The third-order valence-corrected chi connectivity index (χ3v) is 7.09. The topological polar surface area (TPSA) is 45.2 Å². The molecule has 0 fully saturated rings. The van der Waals surface area contributed by atoms with E-state index in [1.165, 1.54) is 22.4 Å². The molecule has 0 aliphatic heterocycles. The summed E-state index contributed by atoms with van der Waals surface area (Å²) in [6.07, 6.45) is 3.16. The molecule has 3 rings (SSSR count). The Bertz CT molecular complexity index is 1040. The highest BCUT2D eigenvalue weighted by Crippen LogP contribution is 2.37. The number of carbonyl (C=O) groups is 1. The highest BCUT2D eigenvalue weighted by atomic mass is 35.5. The minimum atomic E-state index is 0.0132. The smallest absolute Gasteiger partial charge is 0.231 e. The number of nitrogens with zero attached hydrogens (tertiary/aromatic N) is 2. The third kappa shape index (κ3) is 6.88. The van der Waals surface area contributed by atoms with Crippen LogP contribution in [0.5, 0.6) is 0 Å². The van der Waals surface area contributed by atoms with Crippen molar-refractivity contribution >= 4 is 57.5 Å². The number of hydrogen-bond donors (Lipinski definition) is 1. The maximum absolute atomic E-state index is 12.1. The van der Waals surface area contributed by atoms with Crippen molar-refractivity contribution in [2.24, 2.45) is 5.92 Å². The standard InChI is InChI=1S/C24H27Cl2N3OS2/c1-16(2)13-21-23(18-9-10-19(25)20(26)14-18)27-24(32-21)29(12-11-22(30)28-31-3)15-17-7-5-4-6-8-17/h4-10,14,16H,11-13,15H2,1-3H3,(H,28,30). The Hall–Kier alpha value is -1.73. The fraction of sp³-hybridized carbons (Fsp3) is 0.333. The number of thiazole rings is 1. The van der Waals surface area contributed by atoms with Crippen molar-refractivity contribution in [3.63, 3.8) is 0 Å². The number of amides is 1.